The number of ether oxygens (including phenoxy) is 1. The van der Waals surface area contributed by atoms with Gasteiger partial charge < -0.3 is 24.6 Å². The molecule has 0 saturated carbocycles. The molecule has 4 heterocycles. The lowest BCUT2D eigenvalue weighted by atomic mass is 9.93. The van der Waals surface area contributed by atoms with Crippen LogP contribution < -0.4 is 10.4 Å². The highest BCUT2D eigenvalue weighted by Crippen LogP contribution is 2.41. The van der Waals surface area contributed by atoms with Crippen molar-refractivity contribution in [3.8, 4) is 11.6 Å². The van der Waals surface area contributed by atoms with Crippen molar-refractivity contribution in [1.82, 2.24) is 23.9 Å². The summed E-state index contributed by atoms with van der Waals surface area (Å²) < 4.78 is 8.71. The normalized spacial score (nSPS) is 18.3. The Labute approximate surface area is 210 Å². The van der Waals surface area contributed by atoms with Gasteiger partial charge in [-0.15, -0.1) is 0 Å². The van der Waals surface area contributed by atoms with E-state index in [1.165, 1.54) is 0 Å². The summed E-state index contributed by atoms with van der Waals surface area (Å²) in [5.41, 5.74) is 4.67. The van der Waals surface area contributed by atoms with E-state index in [0.29, 0.717) is 18.7 Å². The molecular weight excluding hydrogens is 454 g/mol. The van der Waals surface area contributed by atoms with E-state index in [1.807, 2.05) is 36.4 Å². The smallest absolute Gasteiger partial charge is 0.332 e. The second-order valence-corrected chi connectivity index (χ2v) is 9.99. The molecule has 1 saturated heterocycles. The van der Waals surface area contributed by atoms with E-state index in [1.54, 1.807) is 16.2 Å². The Bertz CT molecular complexity index is 1440. The van der Waals surface area contributed by atoms with Crippen LogP contribution in [0.5, 0.6) is 11.6 Å². The van der Waals surface area contributed by atoms with Gasteiger partial charge in [0, 0.05) is 55.7 Å². The molecule has 2 aromatic carbocycles. The number of benzene rings is 2. The van der Waals surface area contributed by atoms with Crippen molar-refractivity contribution < 1.29 is 9.84 Å². The zero-order chi connectivity index (χ0) is 24.8. The van der Waals surface area contributed by atoms with Crippen LogP contribution >= 0.6 is 0 Å². The van der Waals surface area contributed by atoms with Crippen molar-refractivity contribution in [1.29, 1.82) is 0 Å². The Morgan fingerprint density at radius 3 is 2.53 bits per heavy atom. The third-order valence-corrected chi connectivity index (χ3v) is 7.85. The van der Waals surface area contributed by atoms with Gasteiger partial charge in [0.15, 0.2) is 0 Å². The predicted octanol–water partition coefficient (Wildman–Crippen LogP) is 3.02. The number of likely N-dealkylation sites (N-methyl/N-ethyl adjacent to an activating group) is 1. The third kappa shape index (κ3) is 3.81. The number of nitrogens with one attached hydrogen (secondary N) is 1. The van der Waals surface area contributed by atoms with Crippen LogP contribution in [-0.2, 0) is 13.0 Å². The van der Waals surface area contributed by atoms with Crippen molar-refractivity contribution in [2.45, 2.75) is 25.4 Å². The zero-order valence-electron chi connectivity index (χ0n) is 20.9. The van der Waals surface area contributed by atoms with E-state index >= 15 is 0 Å². The summed E-state index contributed by atoms with van der Waals surface area (Å²) in [6, 6.07) is 15.7. The van der Waals surface area contributed by atoms with Crippen LogP contribution in [0.3, 0.4) is 0 Å². The Hall–Kier alpha value is -3.49. The monoisotopic (exact) mass is 487 g/mol. The molecule has 2 aliphatic heterocycles. The van der Waals surface area contributed by atoms with E-state index in [0.717, 1.165) is 72.6 Å². The largest absolute Gasteiger partial charge is 0.497 e. The molecule has 0 spiro atoms. The van der Waals surface area contributed by atoms with Gasteiger partial charge in [0.1, 0.15) is 11.8 Å². The number of piperazine rings is 1. The van der Waals surface area contributed by atoms with Gasteiger partial charge in [-0.1, -0.05) is 30.3 Å². The number of fused-ring (bicyclic) bond motifs is 4. The quantitative estimate of drug-likeness (QED) is 0.385. The minimum Gasteiger partial charge on any atom is -0.497 e. The first kappa shape index (κ1) is 22.9. The maximum Gasteiger partial charge on any atom is 0.332 e. The van der Waals surface area contributed by atoms with Crippen LogP contribution in [0.4, 0.5) is 0 Å². The predicted molar refractivity (Wildman–Crippen MR) is 140 cm³/mol. The number of nitrogens with zero attached hydrogens (tertiary/aromatic N) is 4. The highest BCUT2D eigenvalue weighted by atomic mass is 16.5. The van der Waals surface area contributed by atoms with Crippen molar-refractivity contribution in [3.05, 3.63) is 81.5 Å². The minimum atomic E-state index is -0.348. The molecule has 1 fully saturated rings. The molecule has 0 aliphatic carbocycles. The van der Waals surface area contributed by atoms with Crippen molar-refractivity contribution in [3.63, 3.8) is 0 Å². The maximum atomic E-state index is 13.8. The molecular formula is C28H33N5O3. The molecule has 1 atom stereocenters. The van der Waals surface area contributed by atoms with Crippen LogP contribution in [0.15, 0.2) is 53.3 Å². The summed E-state index contributed by atoms with van der Waals surface area (Å²) in [6.07, 6.45) is 1.33. The molecule has 2 aliphatic rings. The molecule has 36 heavy (non-hydrogen) atoms. The first-order valence-corrected chi connectivity index (χ1v) is 12.7. The summed E-state index contributed by atoms with van der Waals surface area (Å²) in [5.74, 6) is 0.858. The topological polar surface area (TPSA) is 78.7 Å². The van der Waals surface area contributed by atoms with Gasteiger partial charge in [-0.25, -0.2) is 4.79 Å². The van der Waals surface area contributed by atoms with Crippen molar-refractivity contribution >= 4 is 10.9 Å². The number of H-pyrrole nitrogens is 1. The van der Waals surface area contributed by atoms with Gasteiger partial charge in [0.25, 0.3) is 0 Å². The van der Waals surface area contributed by atoms with Gasteiger partial charge in [0.2, 0.25) is 5.88 Å². The Morgan fingerprint density at radius 1 is 1.03 bits per heavy atom. The summed E-state index contributed by atoms with van der Waals surface area (Å²) >= 11 is 0. The lowest BCUT2D eigenvalue weighted by Crippen LogP contribution is -2.44. The fourth-order valence-electron chi connectivity index (χ4n) is 5.80. The number of imidazole rings is 1. The van der Waals surface area contributed by atoms with Crippen LogP contribution in [0.2, 0.25) is 0 Å². The first-order chi connectivity index (χ1) is 17.5. The maximum absolute atomic E-state index is 13.8. The van der Waals surface area contributed by atoms with Gasteiger partial charge >= 0.3 is 5.69 Å². The van der Waals surface area contributed by atoms with Crippen LogP contribution in [0.25, 0.3) is 10.9 Å². The number of aromatic nitrogens is 3. The fraction of sp³-hybridized carbons (Fsp3) is 0.393. The number of aromatic hydroxyl groups is 1. The minimum absolute atomic E-state index is 0.0906. The summed E-state index contributed by atoms with van der Waals surface area (Å²) in [4.78, 5) is 22.2. The first-order valence-electron chi connectivity index (χ1n) is 12.7. The van der Waals surface area contributed by atoms with E-state index in [4.69, 9.17) is 4.74 Å². The van der Waals surface area contributed by atoms with Crippen LogP contribution in [-0.4, -0.2) is 75.9 Å². The Balaban J connectivity index is 1.38. The number of rotatable bonds is 6. The van der Waals surface area contributed by atoms with Gasteiger partial charge in [-0.05, 0) is 49.3 Å². The molecule has 0 amide bonds. The average Bonchev–Trinajstić information content (AvgIpc) is 3.39. The molecule has 4 aromatic rings. The SMILES string of the molecule is COc1ccc([C@H]2c3[nH]c4ccccc4c3Cc3c(O)n(CCCN4CCN(C)CC4)c(=O)n32)cc1. The number of hydrogen-bond donors (Lipinski definition) is 2. The molecule has 188 valence electrons. The highest BCUT2D eigenvalue weighted by molar-refractivity contribution is 5.86. The average molecular weight is 488 g/mol. The van der Waals surface area contributed by atoms with Gasteiger partial charge in [-0.2, -0.15) is 0 Å². The number of para-hydroxylation sites is 1. The number of aromatic amines is 1. The third-order valence-electron chi connectivity index (χ3n) is 7.85. The van der Waals surface area contributed by atoms with Crippen LogP contribution in [0, 0.1) is 0 Å². The second kappa shape index (κ2) is 9.19. The second-order valence-electron chi connectivity index (χ2n) is 9.99. The fourth-order valence-corrected chi connectivity index (χ4v) is 5.80. The van der Waals surface area contributed by atoms with Crippen LogP contribution in [0.1, 0.15) is 35.0 Å². The lowest BCUT2D eigenvalue weighted by Gasteiger charge is -2.32. The molecule has 6 rings (SSSR count). The standard InChI is InChI=1S/C28H33N5O3/c1-30-14-16-31(17-15-30)12-5-13-32-27(34)24-18-22-21-6-3-4-7-23(21)29-25(22)26(33(24)28(32)35)19-8-10-20(36-2)11-9-19/h3-4,6-11,26,29,34H,5,12-18H2,1-2H3/t26-/m0/s1. The van der Waals surface area contributed by atoms with E-state index in [2.05, 4.69) is 34.0 Å². The summed E-state index contributed by atoms with van der Waals surface area (Å²) in [7, 11) is 3.80. The molecule has 2 aromatic heterocycles. The molecule has 8 heteroatoms. The molecule has 0 bridgehead atoms. The molecule has 0 radical (unpaired) electrons. The number of hydrogen-bond acceptors (Lipinski definition) is 5. The van der Waals surface area contributed by atoms with Crippen molar-refractivity contribution in [2.24, 2.45) is 0 Å². The zero-order valence-corrected chi connectivity index (χ0v) is 20.9. The van der Waals surface area contributed by atoms with Crippen molar-refractivity contribution in [2.75, 3.05) is 46.9 Å². The molecule has 8 nitrogen and oxygen atoms in total. The summed E-state index contributed by atoms with van der Waals surface area (Å²) in [6.45, 7) is 5.66. The van der Waals surface area contributed by atoms with E-state index in [9.17, 15) is 9.90 Å². The Morgan fingerprint density at radius 2 is 1.78 bits per heavy atom. The number of methoxy groups -OCH3 is 1. The van der Waals surface area contributed by atoms with Gasteiger partial charge in [-0.3, -0.25) is 9.13 Å². The van der Waals surface area contributed by atoms with E-state index in [-0.39, 0.29) is 17.6 Å². The lowest BCUT2D eigenvalue weighted by molar-refractivity contribution is 0.151. The Kier molecular flexibility index (Phi) is 5.85. The molecule has 2 N–H and O–H groups in total. The highest BCUT2D eigenvalue weighted by Gasteiger charge is 2.35. The van der Waals surface area contributed by atoms with Gasteiger partial charge in [0.05, 0.1) is 12.8 Å². The molecule has 0 unspecified atom stereocenters. The summed E-state index contributed by atoms with van der Waals surface area (Å²) in [5, 5.41) is 12.4. The van der Waals surface area contributed by atoms with E-state index < -0.39 is 0 Å².